The summed E-state index contributed by atoms with van der Waals surface area (Å²) in [6.07, 6.45) is 1.67. The van der Waals surface area contributed by atoms with Gasteiger partial charge in [0, 0.05) is 38.1 Å². The van der Waals surface area contributed by atoms with Gasteiger partial charge in [-0.15, -0.1) is 0 Å². The van der Waals surface area contributed by atoms with Gasteiger partial charge in [0.05, 0.1) is 12.1 Å². The number of rotatable bonds is 3. The second-order valence-electron chi connectivity index (χ2n) is 4.37. The Hall–Kier alpha value is -1.62. The third-order valence-electron chi connectivity index (χ3n) is 3.00. The van der Waals surface area contributed by atoms with Gasteiger partial charge in [-0.1, -0.05) is 0 Å². The first kappa shape index (κ1) is 11.9. The number of piperazine rings is 1. The fourth-order valence-corrected chi connectivity index (χ4v) is 1.98. The average Bonchev–Trinajstić information content (AvgIpc) is 2.29. The van der Waals surface area contributed by atoms with Gasteiger partial charge < -0.3 is 14.9 Å². The molecule has 0 spiro atoms. The molecule has 17 heavy (non-hydrogen) atoms. The smallest absolute Gasteiger partial charge is 0.309 e. The normalized spacial score (nSPS) is 17.1. The lowest BCUT2D eigenvalue weighted by molar-refractivity contribution is -0.136. The van der Waals surface area contributed by atoms with Gasteiger partial charge in [0.2, 0.25) is 0 Å². The van der Waals surface area contributed by atoms with Gasteiger partial charge >= 0.3 is 5.97 Å². The van der Waals surface area contributed by atoms with Crippen LogP contribution in [0.5, 0.6) is 0 Å². The Bertz CT molecular complexity index is 400. The summed E-state index contributed by atoms with van der Waals surface area (Å²) in [5, 5.41) is 8.74. The highest BCUT2D eigenvalue weighted by Gasteiger charge is 2.14. The van der Waals surface area contributed by atoms with Crippen LogP contribution in [-0.4, -0.2) is 54.2 Å². The fourth-order valence-electron chi connectivity index (χ4n) is 1.98. The van der Waals surface area contributed by atoms with Crippen LogP contribution in [0, 0.1) is 0 Å². The third-order valence-corrected chi connectivity index (χ3v) is 3.00. The first-order chi connectivity index (χ1) is 8.15. The lowest BCUT2D eigenvalue weighted by Gasteiger charge is -2.34. The van der Waals surface area contributed by atoms with Gasteiger partial charge in [-0.3, -0.25) is 9.78 Å². The maximum Gasteiger partial charge on any atom is 0.309 e. The third kappa shape index (κ3) is 3.17. The first-order valence-electron chi connectivity index (χ1n) is 5.75. The highest BCUT2D eigenvalue weighted by Crippen LogP contribution is 2.16. The van der Waals surface area contributed by atoms with E-state index in [1.165, 1.54) is 0 Å². The minimum atomic E-state index is -0.840. The molecule has 0 aromatic carbocycles. The van der Waals surface area contributed by atoms with E-state index in [0.29, 0.717) is 5.69 Å². The molecule has 0 bridgehead atoms. The summed E-state index contributed by atoms with van der Waals surface area (Å²) in [6.45, 7) is 4.03. The summed E-state index contributed by atoms with van der Waals surface area (Å²) >= 11 is 0. The molecule has 2 heterocycles. The molecule has 1 fully saturated rings. The Kier molecular flexibility index (Phi) is 3.58. The zero-order chi connectivity index (χ0) is 12.3. The maximum atomic E-state index is 10.6. The number of carbonyl (C=O) groups is 1. The second-order valence-corrected chi connectivity index (χ2v) is 4.37. The van der Waals surface area contributed by atoms with Gasteiger partial charge in [0.15, 0.2) is 0 Å². The number of carboxylic acids is 1. The van der Waals surface area contributed by atoms with Crippen molar-refractivity contribution < 1.29 is 9.90 Å². The molecule has 0 unspecified atom stereocenters. The molecule has 0 radical (unpaired) electrons. The van der Waals surface area contributed by atoms with Crippen molar-refractivity contribution in [1.82, 2.24) is 9.88 Å². The molecule has 0 saturated carbocycles. The Morgan fingerprint density at radius 1 is 1.41 bits per heavy atom. The standard InChI is InChI=1S/C12H17N3O2/c1-14-4-6-15(7-5-14)11-2-3-13-10(8-11)9-12(16)17/h2-3,8H,4-7,9H2,1H3,(H,16,17). The number of nitrogens with zero attached hydrogens (tertiary/aromatic N) is 3. The monoisotopic (exact) mass is 235 g/mol. The summed E-state index contributed by atoms with van der Waals surface area (Å²) in [6, 6.07) is 3.82. The first-order valence-corrected chi connectivity index (χ1v) is 5.75. The number of anilines is 1. The molecular weight excluding hydrogens is 218 g/mol. The van der Waals surface area contributed by atoms with Crippen LogP contribution in [-0.2, 0) is 11.2 Å². The highest BCUT2D eigenvalue weighted by atomic mass is 16.4. The lowest BCUT2D eigenvalue weighted by atomic mass is 10.2. The predicted molar refractivity (Wildman–Crippen MR) is 65.3 cm³/mol. The molecule has 1 aliphatic rings. The molecule has 1 aromatic rings. The van der Waals surface area contributed by atoms with Crippen LogP contribution in [0.3, 0.4) is 0 Å². The van der Waals surface area contributed by atoms with Crippen molar-refractivity contribution in [2.24, 2.45) is 0 Å². The molecule has 1 aliphatic heterocycles. The van der Waals surface area contributed by atoms with Crippen LogP contribution < -0.4 is 4.90 Å². The maximum absolute atomic E-state index is 10.6. The molecule has 0 aliphatic carbocycles. The van der Waals surface area contributed by atoms with E-state index < -0.39 is 5.97 Å². The molecule has 1 saturated heterocycles. The zero-order valence-corrected chi connectivity index (χ0v) is 9.96. The van der Waals surface area contributed by atoms with E-state index in [1.54, 1.807) is 6.20 Å². The Morgan fingerprint density at radius 3 is 2.76 bits per heavy atom. The Balaban J connectivity index is 2.07. The van der Waals surface area contributed by atoms with Crippen molar-refractivity contribution in [3.05, 3.63) is 24.0 Å². The Labute approximate surface area is 101 Å². The van der Waals surface area contributed by atoms with Crippen molar-refractivity contribution in [3.63, 3.8) is 0 Å². The summed E-state index contributed by atoms with van der Waals surface area (Å²) in [5.74, 6) is -0.840. The van der Waals surface area contributed by atoms with E-state index in [2.05, 4.69) is 21.8 Å². The Morgan fingerprint density at radius 2 is 2.12 bits per heavy atom. The van der Waals surface area contributed by atoms with Crippen molar-refractivity contribution in [3.8, 4) is 0 Å². The van der Waals surface area contributed by atoms with E-state index >= 15 is 0 Å². The van der Waals surface area contributed by atoms with Crippen LogP contribution in [0.15, 0.2) is 18.3 Å². The summed E-state index contributed by atoms with van der Waals surface area (Å²) in [5.41, 5.74) is 1.69. The number of hydrogen-bond acceptors (Lipinski definition) is 4. The fraction of sp³-hybridized carbons (Fsp3) is 0.500. The summed E-state index contributed by atoms with van der Waals surface area (Å²) < 4.78 is 0. The zero-order valence-electron chi connectivity index (χ0n) is 9.96. The van der Waals surface area contributed by atoms with Crippen molar-refractivity contribution >= 4 is 11.7 Å². The lowest BCUT2D eigenvalue weighted by Crippen LogP contribution is -2.44. The second kappa shape index (κ2) is 5.14. The van der Waals surface area contributed by atoms with Crippen LogP contribution >= 0.6 is 0 Å². The molecule has 5 nitrogen and oxygen atoms in total. The molecule has 0 amide bonds. The molecule has 92 valence electrons. The minimum Gasteiger partial charge on any atom is -0.481 e. The van der Waals surface area contributed by atoms with E-state index in [9.17, 15) is 4.79 Å². The average molecular weight is 235 g/mol. The van der Waals surface area contributed by atoms with E-state index in [1.807, 2.05) is 12.1 Å². The molecule has 1 aromatic heterocycles. The van der Waals surface area contributed by atoms with Crippen LogP contribution in [0.1, 0.15) is 5.69 Å². The van der Waals surface area contributed by atoms with Gasteiger partial charge in [-0.05, 0) is 19.2 Å². The van der Waals surface area contributed by atoms with E-state index in [4.69, 9.17) is 5.11 Å². The largest absolute Gasteiger partial charge is 0.481 e. The number of hydrogen-bond donors (Lipinski definition) is 1. The predicted octanol–water partition coefficient (Wildman–Crippen LogP) is 0.460. The van der Waals surface area contributed by atoms with E-state index in [-0.39, 0.29) is 6.42 Å². The minimum absolute atomic E-state index is 0.0123. The summed E-state index contributed by atoms with van der Waals surface area (Å²) in [4.78, 5) is 19.3. The SMILES string of the molecule is CN1CCN(c2ccnc(CC(=O)O)c2)CC1. The number of pyridine rings is 1. The van der Waals surface area contributed by atoms with Gasteiger partial charge in [-0.2, -0.15) is 0 Å². The molecule has 0 atom stereocenters. The van der Waals surface area contributed by atoms with E-state index in [0.717, 1.165) is 31.9 Å². The number of aromatic nitrogens is 1. The van der Waals surface area contributed by atoms with Crippen molar-refractivity contribution in [2.45, 2.75) is 6.42 Å². The van der Waals surface area contributed by atoms with Crippen LogP contribution in [0.2, 0.25) is 0 Å². The molecular formula is C12H17N3O2. The van der Waals surface area contributed by atoms with Crippen LogP contribution in [0.25, 0.3) is 0 Å². The van der Waals surface area contributed by atoms with Gasteiger partial charge in [-0.25, -0.2) is 0 Å². The topological polar surface area (TPSA) is 56.7 Å². The van der Waals surface area contributed by atoms with Gasteiger partial charge in [0.1, 0.15) is 0 Å². The molecule has 2 rings (SSSR count). The van der Waals surface area contributed by atoms with Gasteiger partial charge in [0.25, 0.3) is 0 Å². The number of aliphatic carboxylic acids is 1. The number of likely N-dealkylation sites (N-methyl/N-ethyl adjacent to an activating group) is 1. The quantitative estimate of drug-likeness (QED) is 0.825. The van der Waals surface area contributed by atoms with Crippen molar-refractivity contribution in [2.75, 3.05) is 38.1 Å². The number of carboxylic acid groups (broad SMARTS) is 1. The highest BCUT2D eigenvalue weighted by molar-refractivity contribution is 5.70. The van der Waals surface area contributed by atoms with Crippen LogP contribution in [0.4, 0.5) is 5.69 Å². The van der Waals surface area contributed by atoms with Crippen molar-refractivity contribution in [1.29, 1.82) is 0 Å². The summed E-state index contributed by atoms with van der Waals surface area (Å²) in [7, 11) is 2.11. The molecule has 1 N–H and O–H groups in total. The molecule has 5 heteroatoms.